The van der Waals surface area contributed by atoms with Gasteiger partial charge in [0.2, 0.25) is 0 Å². The SMILES string of the molecule is CC1(C)OB(C(F)=Cc2cnn(CCOCc3ccccc3)c2)OC1(C)C. The van der Waals surface area contributed by atoms with Crippen molar-refractivity contribution < 1.29 is 18.4 Å². The summed E-state index contributed by atoms with van der Waals surface area (Å²) in [5, 5.41) is 4.24. The summed E-state index contributed by atoms with van der Waals surface area (Å²) in [6.45, 7) is 9.27. The maximum Gasteiger partial charge on any atom is 0.525 e. The highest BCUT2D eigenvalue weighted by atomic mass is 19.1. The number of ether oxygens (including phenoxy) is 1. The van der Waals surface area contributed by atoms with Gasteiger partial charge in [0.1, 0.15) is 5.73 Å². The minimum atomic E-state index is -0.993. The van der Waals surface area contributed by atoms with Crippen LogP contribution in [0.1, 0.15) is 38.8 Å². The summed E-state index contributed by atoms with van der Waals surface area (Å²) in [5.74, 6) is 0. The molecule has 0 amide bonds. The number of rotatable bonds is 7. The summed E-state index contributed by atoms with van der Waals surface area (Å²) in [5.41, 5.74) is 0.191. The summed E-state index contributed by atoms with van der Waals surface area (Å²) in [6.07, 6.45) is 4.79. The molecule has 144 valence electrons. The van der Waals surface area contributed by atoms with Gasteiger partial charge < -0.3 is 14.0 Å². The van der Waals surface area contributed by atoms with Gasteiger partial charge in [-0.3, -0.25) is 4.68 Å². The lowest BCUT2D eigenvalue weighted by molar-refractivity contribution is 0.00578. The molecule has 0 radical (unpaired) electrons. The molecule has 1 aliphatic heterocycles. The molecule has 0 unspecified atom stereocenters. The Labute approximate surface area is 160 Å². The average Bonchev–Trinajstić information content (AvgIpc) is 3.14. The van der Waals surface area contributed by atoms with Gasteiger partial charge >= 0.3 is 7.12 Å². The van der Waals surface area contributed by atoms with E-state index in [0.717, 1.165) is 5.56 Å². The summed E-state index contributed by atoms with van der Waals surface area (Å²) in [7, 11) is -0.993. The minimum absolute atomic E-state index is 0.464. The van der Waals surface area contributed by atoms with Crippen LogP contribution in [0, 0.1) is 0 Å². The van der Waals surface area contributed by atoms with Crippen molar-refractivity contribution in [2.75, 3.05) is 6.61 Å². The van der Waals surface area contributed by atoms with Crippen LogP contribution in [-0.2, 0) is 27.2 Å². The molecule has 5 nitrogen and oxygen atoms in total. The summed E-state index contributed by atoms with van der Waals surface area (Å²) in [4.78, 5) is 0. The average molecular weight is 372 g/mol. The lowest BCUT2D eigenvalue weighted by atomic mass is 9.87. The first kappa shape index (κ1) is 19.8. The van der Waals surface area contributed by atoms with Gasteiger partial charge in [-0.1, -0.05) is 30.3 Å². The van der Waals surface area contributed by atoms with Crippen LogP contribution in [0.4, 0.5) is 4.39 Å². The van der Waals surface area contributed by atoms with E-state index < -0.39 is 24.0 Å². The fraction of sp³-hybridized carbons (Fsp3) is 0.450. The van der Waals surface area contributed by atoms with Crippen LogP contribution in [-0.4, -0.2) is 34.7 Å². The molecule has 7 heteroatoms. The molecule has 0 spiro atoms. The Bertz CT molecular complexity index is 774. The maximum atomic E-state index is 14.5. The molecule has 1 aliphatic rings. The van der Waals surface area contributed by atoms with E-state index in [0.29, 0.717) is 25.3 Å². The van der Waals surface area contributed by atoms with E-state index in [9.17, 15) is 4.39 Å². The third-order valence-electron chi connectivity index (χ3n) is 5.01. The minimum Gasteiger partial charge on any atom is -0.398 e. The van der Waals surface area contributed by atoms with Crippen LogP contribution in [0.5, 0.6) is 0 Å². The third kappa shape index (κ3) is 4.86. The van der Waals surface area contributed by atoms with Crippen LogP contribution >= 0.6 is 0 Å². The zero-order valence-corrected chi connectivity index (χ0v) is 16.3. The van der Waals surface area contributed by atoms with Crippen LogP contribution in [0.2, 0.25) is 0 Å². The van der Waals surface area contributed by atoms with Crippen LogP contribution < -0.4 is 0 Å². The standard InChI is InChI=1S/C20H26BFN2O3/c1-19(2)20(3,4)27-21(26-19)18(22)12-17-13-23-24(14-17)10-11-25-15-16-8-6-5-7-9-16/h5-9,12-14H,10-11,15H2,1-4H3. The molecule has 0 bridgehead atoms. The molecule has 2 heterocycles. The molecule has 0 N–H and O–H groups in total. The van der Waals surface area contributed by atoms with Crippen LogP contribution in [0.25, 0.3) is 6.08 Å². The van der Waals surface area contributed by atoms with E-state index in [1.807, 2.05) is 58.0 Å². The molecule has 1 saturated heterocycles. The van der Waals surface area contributed by atoms with Crippen LogP contribution in [0.3, 0.4) is 0 Å². The van der Waals surface area contributed by atoms with Gasteiger partial charge in [0.25, 0.3) is 0 Å². The Kier molecular flexibility index (Phi) is 5.84. The molecule has 2 aromatic rings. The number of hydrogen-bond acceptors (Lipinski definition) is 4. The van der Waals surface area contributed by atoms with E-state index in [1.54, 1.807) is 17.1 Å². The number of aromatic nitrogens is 2. The van der Waals surface area contributed by atoms with E-state index in [1.165, 1.54) is 6.08 Å². The molecular formula is C20H26BFN2O3. The summed E-state index contributed by atoms with van der Waals surface area (Å²) < 4.78 is 33.3. The molecule has 27 heavy (non-hydrogen) atoms. The van der Waals surface area contributed by atoms with Gasteiger partial charge in [-0.15, -0.1) is 0 Å². The van der Waals surface area contributed by atoms with Crippen molar-refractivity contribution >= 4 is 13.2 Å². The largest absolute Gasteiger partial charge is 0.525 e. The van der Waals surface area contributed by atoms with Crippen molar-refractivity contribution in [3.63, 3.8) is 0 Å². The molecule has 1 aromatic carbocycles. The monoisotopic (exact) mass is 372 g/mol. The maximum absolute atomic E-state index is 14.5. The number of nitrogens with zero attached hydrogens (tertiary/aromatic N) is 2. The van der Waals surface area contributed by atoms with Gasteiger partial charge in [0.05, 0.1) is 37.2 Å². The molecule has 1 aromatic heterocycles. The van der Waals surface area contributed by atoms with E-state index in [4.69, 9.17) is 14.0 Å². The fourth-order valence-electron chi connectivity index (χ4n) is 2.68. The van der Waals surface area contributed by atoms with Gasteiger partial charge in [-0.05, 0) is 39.3 Å². The summed E-state index contributed by atoms with van der Waals surface area (Å²) >= 11 is 0. The van der Waals surface area contributed by atoms with Crippen molar-refractivity contribution in [2.45, 2.75) is 52.0 Å². The predicted octanol–water partition coefficient (Wildman–Crippen LogP) is 4.04. The van der Waals surface area contributed by atoms with Gasteiger partial charge in [-0.25, -0.2) is 4.39 Å². The van der Waals surface area contributed by atoms with Crippen molar-refractivity contribution in [3.05, 3.63) is 59.6 Å². The highest BCUT2D eigenvalue weighted by Crippen LogP contribution is 2.39. The molecule has 1 fully saturated rings. The smallest absolute Gasteiger partial charge is 0.398 e. The Morgan fingerprint density at radius 3 is 2.52 bits per heavy atom. The molecule has 0 saturated carbocycles. The quantitative estimate of drug-likeness (QED) is 0.544. The number of hydrogen-bond donors (Lipinski definition) is 0. The van der Waals surface area contributed by atoms with Crippen molar-refractivity contribution in [3.8, 4) is 0 Å². The Hall–Kier alpha value is -1.96. The van der Waals surface area contributed by atoms with Gasteiger partial charge in [0, 0.05) is 11.8 Å². The first-order chi connectivity index (χ1) is 12.8. The molecule has 0 atom stereocenters. The van der Waals surface area contributed by atoms with Gasteiger partial charge in [-0.2, -0.15) is 5.10 Å². The Morgan fingerprint density at radius 1 is 1.19 bits per heavy atom. The predicted molar refractivity (Wildman–Crippen MR) is 103 cm³/mol. The second kappa shape index (κ2) is 7.96. The van der Waals surface area contributed by atoms with Gasteiger partial charge in [0.15, 0.2) is 0 Å². The van der Waals surface area contributed by atoms with Crippen LogP contribution in [0.15, 0.2) is 48.5 Å². The number of halogens is 1. The Balaban J connectivity index is 1.51. The summed E-state index contributed by atoms with van der Waals surface area (Å²) in [6, 6.07) is 9.99. The topological polar surface area (TPSA) is 45.5 Å². The molecule has 0 aliphatic carbocycles. The number of benzene rings is 1. The van der Waals surface area contributed by atoms with Crippen molar-refractivity contribution in [2.24, 2.45) is 0 Å². The van der Waals surface area contributed by atoms with Crippen molar-refractivity contribution in [1.29, 1.82) is 0 Å². The molecular weight excluding hydrogens is 346 g/mol. The van der Waals surface area contributed by atoms with E-state index in [-0.39, 0.29) is 0 Å². The lowest BCUT2D eigenvalue weighted by Gasteiger charge is -2.32. The fourth-order valence-corrected chi connectivity index (χ4v) is 2.68. The molecule has 3 rings (SSSR count). The second-order valence-corrected chi connectivity index (χ2v) is 7.69. The lowest BCUT2D eigenvalue weighted by Crippen LogP contribution is -2.41. The zero-order valence-electron chi connectivity index (χ0n) is 16.3. The highest BCUT2D eigenvalue weighted by Gasteiger charge is 2.53. The zero-order chi connectivity index (χ0) is 19.5. The normalized spacial score (nSPS) is 18.9. The second-order valence-electron chi connectivity index (χ2n) is 7.69. The first-order valence-corrected chi connectivity index (χ1v) is 9.14. The first-order valence-electron chi connectivity index (χ1n) is 9.14. The van der Waals surface area contributed by atoms with Crippen molar-refractivity contribution in [1.82, 2.24) is 9.78 Å². The highest BCUT2D eigenvalue weighted by molar-refractivity contribution is 6.54. The Morgan fingerprint density at radius 2 is 1.85 bits per heavy atom. The van der Waals surface area contributed by atoms with E-state index in [2.05, 4.69) is 5.10 Å². The third-order valence-corrected chi connectivity index (χ3v) is 5.01. The van der Waals surface area contributed by atoms with E-state index >= 15 is 0 Å².